The molecule has 0 aliphatic rings. The van der Waals surface area contributed by atoms with E-state index in [1.165, 1.54) is 7.11 Å². The zero-order valence-electron chi connectivity index (χ0n) is 9.85. The smallest absolute Gasteiger partial charge is 0.497 e. The Bertz CT molecular complexity index is 515. The van der Waals surface area contributed by atoms with E-state index in [4.69, 9.17) is 4.74 Å². The van der Waals surface area contributed by atoms with Crippen molar-refractivity contribution in [2.24, 2.45) is 0 Å². The molecule has 1 aromatic carbocycles. The predicted molar refractivity (Wildman–Crippen MR) is 56.6 cm³/mol. The van der Waals surface area contributed by atoms with Gasteiger partial charge in [-0.15, -0.1) is 0 Å². The van der Waals surface area contributed by atoms with E-state index in [0.717, 1.165) is 10.9 Å². The summed E-state index contributed by atoms with van der Waals surface area (Å²) in [5, 5.41) is 6.52. The van der Waals surface area contributed by atoms with Gasteiger partial charge >= 0.3 is 58.4 Å². The van der Waals surface area contributed by atoms with Gasteiger partial charge in [0, 0.05) is 11.8 Å². The zero-order chi connectivity index (χ0) is 12.5. The van der Waals surface area contributed by atoms with Crippen LogP contribution in [0.3, 0.4) is 0 Å². The van der Waals surface area contributed by atoms with Crippen LogP contribution in [0.2, 0.25) is 0 Å². The van der Waals surface area contributed by atoms with Crippen LogP contribution in [0.25, 0.3) is 5.69 Å². The fraction of sp³-hybridized carbons (Fsp3) is 0.111. The number of methoxy groups -OCH3 is 1. The molecule has 0 spiro atoms. The summed E-state index contributed by atoms with van der Waals surface area (Å²) in [4.78, 5) is 0. The SMILES string of the molecule is COc1ccc(-n2cc([B-](F)(F)F)nn2)cc1.[K+]. The molecule has 18 heavy (non-hydrogen) atoms. The van der Waals surface area contributed by atoms with Crippen molar-refractivity contribution in [1.29, 1.82) is 0 Å². The van der Waals surface area contributed by atoms with Crippen molar-refractivity contribution < 1.29 is 69.1 Å². The number of halogens is 3. The number of nitrogens with zero attached hydrogens (tertiary/aromatic N) is 3. The Kier molecular flexibility index (Phi) is 5.41. The van der Waals surface area contributed by atoms with Crippen molar-refractivity contribution in [2.75, 3.05) is 7.11 Å². The van der Waals surface area contributed by atoms with Gasteiger partial charge in [-0.3, -0.25) is 0 Å². The standard InChI is InChI=1S/C9H8BF3N3O.K/c1-17-8-4-2-7(3-5-8)16-6-9(14-15-16)10(11,12)13;/h2-6H,1H3;/q-1;+1. The number of hydrogen-bond acceptors (Lipinski definition) is 3. The molecule has 0 aliphatic heterocycles. The van der Waals surface area contributed by atoms with Gasteiger partial charge in [-0.25, -0.2) is 4.68 Å². The molecule has 0 fully saturated rings. The van der Waals surface area contributed by atoms with Crippen LogP contribution in [0.5, 0.6) is 5.75 Å². The third-order valence-corrected chi connectivity index (χ3v) is 2.18. The number of benzene rings is 1. The first kappa shape index (κ1) is 15.7. The number of hydrogen-bond donors (Lipinski definition) is 0. The first-order chi connectivity index (χ1) is 8.00. The Morgan fingerprint density at radius 2 is 1.78 bits per heavy atom. The van der Waals surface area contributed by atoms with Gasteiger partial charge in [0.2, 0.25) is 0 Å². The number of ether oxygens (including phenoxy) is 1. The molecule has 0 amide bonds. The van der Waals surface area contributed by atoms with Crippen LogP contribution in [-0.2, 0) is 0 Å². The molecule has 1 heterocycles. The first-order valence-corrected chi connectivity index (χ1v) is 4.77. The Morgan fingerprint density at radius 3 is 2.22 bits per heavy atom. The molecule has 0 saturated heterocycles. The van der Waals surface area contributed by atoms with E-state index >= 15 is 0 Å². The second-order valence-corrected chi connectivity index (χ2v) is 3.36. The van der Waals surface area contributed by atoms with E-state index in [0.29, 0.717) is 11.4 Å². The van der Waals surface area contributed by atoms with Gasteiger partial charge in [-0.1, -0.05) is 5.21 Å². The van der Waals surface area contributed by atoms with Crippen LogP contribution in [0.1, 0.15) is 0 Å². The summed E-state index contributed by atoms with van der Waals surface area (Å²) in [6, 6.07) is 6.46. The van der Waals surface area contributed by atoms with Crippen LogP contribution in [0.4, 0.5) is 12.9 Å². The molecule has 4 nitrogen and oxygen atoms in total. The third kappa shape index (κ3) is 3.58. The van der Waals surface area contributed by atoms with Gasteiger partial charge in [-0.2, -0.15) is 5.10 Å². The molecule has 2 aromatic rings. The molecule has 0 N–H and O–H groups in total. The predicted octanol–water partition coefficient (Wildman–Crippen LogP) is -1.67. The maximum absolute atomic E-state index is 12.4. The van der Waals surface area contributed by atoms with Crippen molar-refractivity contribution in [2.45, 2.75) is 0 Å². The summed E-state index contributed by atoms with van der Waals surface area (Å²) in [5.41, 5.74) is -0.467. The number of rotatable bonds is 3. The van der Waals surface area contributed by atoms with Gasteiger partial charge in [0.05, 0.1) is 12.8 Å². The maximum Gasteiger partial charge on any atom is 1.00 e. The summed E-state index contributed by atoms with van der Waals surface area (Å²) >= 11 is 0. The average Bonchev–Trinajstić information content (AvgIpc) is 2.78. The molecule has 0 aliphatic carbocycles. The minimum absolute atomic E-state index is 0. The maximum atomic E-state index is 12.4. The fourth-order valence-corrected chi connectivity index (χ4v) is 1.29. The van der Waals surface area contributed by atoms with Crippen molar-refractivity contribution in [3.63, 3.8) is 0 Å². The largest absolute Gasteiger partial charge is 1.00 e. The van der Waals surface area contributed by atoms with Crippen LogP contribution in [-0.4, -0.2) is 29.1 Å². The second-order valence-electron chi connectivity index (χ2n) is 3.36. The first-order valence-electron chi connectivity index (χ1n) is 4.77. The molecule has 0 saturated carbocycles. The van der Waals surface area contributed by atoms with Crippen LogP contribution >= 0.6 is 0 Å². The van der Waals surface area contributed by atoms with Crippen LogP contribution in [0.15, 0.2) is 30.5 Å². The van der Waals surface area contributed by atoms with Crippen molar-refractivity contribution in [3.8, 4) is 11.4 Å². The summed E-state index contributed by atoms with van der Waals surface area (Å²) in [5.74, 6) is 0.620. The molecule has 0 unspecified atom stereocenters. The Labute approximate surface area is 144 Å². The Balaban J connectivity index is 0.00000162. The summed E-state index contributed by atoms with van der Waals surface area (Å²) in [6.45, 7) is -5.11. The van der Waals surface area contributed by atoms with Crippen molar-refractivity contribution in [3.05, 3.63) is 30.5 Å². The van der Waals surface area contributed by atoms with Gasteiger partial charge in [0.25, 0.3) is 0 Å². The topological polar surface area (TPSA) is 39.9 Å². The molecule has 0 radical (unpaired) electrons. The fourth-order valence-electron chi connectivity index (χ4n) is 1.29. The second kappa shape index (κ2) is 6.20. The average molecular weight is 281 g/mol. The van der Waals surface area contributed by atoms with Crippen LogP contribution < -0.4 is 61.7 Å². The monoisotopic (exact) mass is 281 g/mol. The van der Waals surface area contributed by atoms with E-state index in [2.05, 4.69) is 10.3 Å². The molecule has 2 rings (SSSR count). The van der Waals surface area contributed by atoms with Crippen molar-refractivity contribution in [1.82, 2.24) is 15.0 Å². The van der Waals surface area contributed by atoms with E-state index in [-0.39, 0.29) is 51.4 Å². The normalized spacial score (nSPS) is 10.9. The Morgan fingerprint density at radius 1 is 1.17 bits per heavy atom. The third-order valence-electron chi connectivity index (χ3n) is 2.18. The van der Waals surface area contributed by atoms with E-state index < -0.39 is 12.6 Å². The van der Waals surface area contributed by atoms with Gasteiger partial charge in [0.15, 0.2) is 0 Å². The number of aromatic nitrogens is 3. The molecule has 1 aromatic heterocycles. The summed E-state index contributed by atoms with van der Waals surface area (Å²) in [7, 11) is 1.51. The van der Waals surface area contributed by atoms with E-state index in [9.17, 15) is 12.9 Å². The molecular formula is C9H8BF3KN3O. The molecular weight excluding hydrogens is 273 g/mol. The molecule has 0 atom stereocenters. The van der Waals surface area contributed by atoms with Crippen molar-refractivity contribution >= 4 is 12.6 Å². The van der Waals surface area contributed by atoms with Gasteiger partial charge in [0.1, 0.15) is 5.75 Å². The molecule has 90 valence electrons. The quantitative estimate of drug-likeness (QED) is 0.632. The zero-order valence-corrected chi connectivity index (χ0v) is 13.0. The molecule has 9 heteroatoms. The molecule has 0 bridgehead atoms. The van der Waals surface area contributed by atoms with E-state index in [1.807, 2.05) is 0 Å². The summed E-state index contributed by atoms with van der Waals surface area (Å²) in [6.07, 6.45) is 0.863. The summed E-state index contributed by atoms with van der Waals surface area (Å²) < 4.78 is 43.1. The van der Waals surface area contributed by atoms with Gasteiger partial charge in [-0.05, 0) is 24.3 Å². The minimum atomic E-state index is -5.11. The Hall–Kier alpha value is -0.349. The minimum Gasteiger partial charge on any atom is -0.497 e. The van der Waals surface area contributed by atoms with Crippen LogP contribution in [0, 0.1) is 0 Å². The van der Waals surface area contributed by atoms with E-state index in [1.54, 1.807) is 24.3 Å². The van der Waals surface area contributed by atoms with Gasteiger partial charge < -0.3 is 17.7 Å².